The number of amides is 1. The van der Waals surface area contributed by atoms with E-state index in [0.717, 1.165) is 5.56 Å². The minimum Gasteiger partial charge on any atom is -0.495 e. The number of carbonyl (C=O) groups excluding carboxylic acids is 2. The van der Waals surface area contributed by atoms with Crippen molar-refractivity contribution >= 4 is 45.1 Å². The number of aryl methyl sites for hydroxylation is 1. The van der Waals surface area contributed by atoms with Gasteiger partial charge in [-0.15, -0.1) is 0 Å². The van der Waals surface area contributed by atoms with Crippen molar-refractivity contribution in [3.8, 4) is 11.5 Å². The van der Waals surface area contributed by atoms with Gasteiger partial charge in [0.1, 0.15) is 5.75 Å². The average Bonchev–Trinajstić information content (AvgIpc) is 2.63. The van der Waals surface area contributed by atoms with Gasteiger partial charge in [-0.1, -0.05) is 27.5 Å². The highest BCUT2D eigenvalue weighted by Gasteiger charge is 2.20. The van der Waals surface area contributed by atoms with Crippen LogP contribution in [-0.4, -0.2) is 31.7 Å². The van der Waals surface area contributed by atoms with E-state index < -0.39 is 30.4 Å². The molecule has 0 bridgehead atoms. The number of rotatable bonds is 7. The second-order valence-electron chi connectivity index (χ2n) is 5.79. The van der Waals surface area contributed by atoms with Crippen molar-refractivity contribution in [2.75, 3.05) is 19.0 Å². The summed E-state index contributed by atoms with van der Waals surface area (Å²) in [4.78, 5) is 24.2. The highest BCUT2D eigenvalue weighted by atomic mass is 79.9. The van der Waals surface area contributed by atoms with Gasteiger partial charge in [-0.05, 0) is 43.7 Å². The van der Waals surface area contributed by atoms with E-state index in [1.165, 1.54) is 26.2 Å². The fourth-order valence-electron chi connectivity index (χ4n) is 2.18. The van der Waals surface area contributed by atoms with Crippen molar-refractivity contribution in [3.63, 3.8) is 0 Å². The van der Waals surface area contributed by atoms with Crippen LogP contribution in [0.5, 0.6) is 11.5 Å². The Morgan fingerprint density at radius 2 is 1.96 bits per heavy atom. The van der Waals surface area contributed by atoms with Crippen LogP contribution < -0.4 is 14.8 Å². The van der Waals surface area contributed by atoms with E-state index in [9.17, 15) is 14.0 Å². The molecule has 1 N–H and O–H groups in total. The first kappa shape index (κ1) is 22.0. The molecule has 0 saturated carbocycles. The standard InChI is InChI=1S/C19H18BrClFNO5/c1-10-6-15(17(26-3)8-13(10)21)23-19(25)11(2)28-18(24)9-27-16-5-4-12(20)7-14(16)22/h4-8,11H,9H2,1-3H3,(H,23,25). The SMILES string of the molecule is COc1cc(Cl)c(C)cc1NC(=O)C(C)OC(=O)COc1ccc(Br)cc1F. The van der Waals surface area contributed by atoms with Crippen LogP contribution in [0.2, 0.25) is 5.02 Å². The number of halogens is 3. The van der Waals surface area contributed by atoms with E-state index in [2.05, 4.69) is 21.2 Å². The first-order valence-electron chi connectivity index (χ1n) is 8.13. The molecule has 0 radical (unpaired) electrons. The number of anilines is 1. The highest BCUT2D eigenvalue weighted by molar-refractivity contribution is 9.10. The predicted octanol–water partition coefficient (Wildman–Crippen LogP) is 4.51. The van der Waals surface area contributed by atoms with Gasteiger partial charge in [0.2, 0.25) is 0 Å². The van der Waals surface area contributed by atoms with Crippen molar-refractivity contribution in [2.45, 2.75) is 20.0 Å². The quantitative estimate of drug-likeness (QED) is 0.598. The second-order valence-corrected chi connectivity index (χ2v) is 7.11. The topological polar surface area (TPSA) is 73.9 Å². The van der Waals surface area contributed by atoms with Crippen LogP contribution in [0, 0.1) is 12.7 Å². The van der Waals surface area contributed by atoms with E-state index in [1.807, 2.05) is 0 Å². The molecule has 1 amide bonds. The second kappa shape index (κ2) is 9.75. The maximum absolute atomic E-state index is 13.7. The van der Waals surface area contributed by atoms with Crippen LogP contribution in [0.3, 0.4) is 0 Å². The number of hydrogen-bond donors (Lipinski definition) is 1. The third kappa shape index (κ3) is 5.84. The summed E-state index contributed by atoms with van der Waals surface area (Å²) in [6, 6.07) is 7.37. The van der Waals surface area contributed by atoms with Gasteiger partial charge in [0, 0.05) is 15.6 Å². The van der Waals surface area contributed by atoms with Crippen molar-refractivity contribution in [1.29, 1.82) is 0 Å². The lowest BCUT2D eigenvalue weighted by atomic mass is 10.2. The van der Waals surface area contributed by atoms with Crippen molar-refractivity contribution in [2.24, 2.45) is 0 Å². The van der Waals surface area contributed by atoms with Gasteiger partial charge >= 0.3 is 5.97 Å². The Morgan fingerprint density at radius 3 is 2.61 bits per heavy atom. The largest absolute Gasteiger partial charge is 0.495 e. The zero-order valence-electron chi connectivity index (χ0n) is 15.3. The first-order valence-corrected chi connectivity index (χ1v) is 9.30. The van der Waals surface area contributed by atoms with E-state index in [1.54, 1.807) is 25.1 Å². The summed E-state index contributed by atoms with van der Waals surface area (Å²) in [7, 11) is 1.44. The normalized spacial score (nSPS) is 11.5. The molecule has 0 aliphatic carbocycles. The zero-order valence-corrected chi connectivity index (χ0v) is 17.7. The Hall–Kier alpha value is -2.32. The lowest BCUT2D eigenvalue weighted by molar-refractivity contribution is -0.155. The zero-order chi connectivity index (χ0) is 20.8. The Morgan fingerprint density at radius 1 is 1.25 bits per heavy atom. The lowest BCUT2D eigenvalue weighted by Crippen LogP contribution is -2.31. The van der Waals surface area contributed by atoms with Crippen LogP contribution in [0.25, 0.3) is 0 Å². The molecule has 1 atom stereocenters. The first-order chi connectivity index (χ1) is 13.2. The van der Waals surface area contributed by atoms with Crippen LogP contribution in [0.15, 0.2) is 34.8 Å². The van der Waals surface area contributed by atoms with Crippen molar-refractivity contribution in [3.05, 3.63) is 51.2 Å². The van der Waals surface area contributed by atoms with Gasteiger partial charge in [0.25, 0.3) is 5.91 Å². The van der Waals surface area contributed by atoms with Gasteiger partial charge in [-0.25, -0.2) is 9.18 Å². The number of benzene rings is 2. The molecule has 0 spiro atoms. The number of nitrogens with one attached hydrogen (secondary N) is 1. The molecule has 150 valence electrons. The molecular weight excluding hydrogens is 457 g/mol. The molecule has 2 aromatic rings. The molecule has 0 aliphatic rings. The van der Waals surface area contributed by atoms with Crippen molar-refractivity contribution in [1.82, 2.24) is 0 Å². The van der Waals surface area contributed by atoms with E-state index in [0.29, 0.717) is 20.9 Å². The molecule has 0 aromatic heterocycles. The molecule has 0 fully saturated rings. The molecule has 2 rings (SSSR count). The van der Waals surface area contributed by atoms with E-state index >= 15 is 0 Å². The third-order valence-corrected chi connectivity index (χ3v) is 4.56. The maximum atomic E-state index is 13.7. The van der Waals surface area contributed by atoms with Gasteiger partial charge < -0.3 is 19.5 Å². The summed E-state index contributed by atoms with van der Waals surface area (Å²) in [5.41, 5.74) is 1.14. The molecule has 0 aliphatic heterocycles. The Bertz CT molecular complexity index is 893. The number of carbonyl (C=O) groups is 2. The molecule has 0 saturated heterocycles. The third-order valence-electron chi connectivity index (χ3n) is 3.66. The van der Waals surface area contributed by atoms with Crippen LogP contribution in [-0.2, 0) is 14.3 Å². The number of methoxy groups -OCH3 is 1. The van der Waals surface area contributed by atoms with Crippen molar-refractivity contribution < 1.29 is 28.2 Å². The maximum Gasteiger partial charge on any atom is 0.344 e. The number of hydrogen-bond acceptors (Lipinski definition) is 5. The summed E-state index contributed by atoms with van der Waals surface area (Å²) >= 11 is 9.16. The fourth-order valence-corrected chi connectivity index (χ4v) is 2.66. The molecule has 6 nitrogen and oxygen atoms in total. The Balaban J connectivity index is 1.93. The van der Waals surface area contributed by atoms with Crippen LogP contribution in [0.1, 0.15) is 12.5 Å². The van der Waals surface area contributed by atoms with Gasteiger partial charge in [0.15, 0.2) is 24.3 Å². The van der Waals surface area contributed by atoms with E-state index in [4.69, 9.17) is 25.8 Å². The van der Waals surface area contributed by atoms with Gasteiger partial charge in [0.05, 0.1) is 12.8 Å². The molecule has 2 aromatic carbocycles. The van der Waals surface area contributed by atoms with Crippen LogP contribution >= 0.6 is 27.5 Å². The molecular formula is C19H18BrClFNO5. The smallest absolute Gasteiger partial charge is 0.344 e. The molecule has 9 heteroatoms. The minimum absolute atomic E-state index is 0.0985. The fraction of sp³-hybridized carbons (Fsp3) is 0.263. The van der Waals surface area contributed by atoms with Gasteiger partial charge in [-0.2, -0.15) is 0 Å². The summed E-state index contributed by atoms with van der Waals surface area (Å²) in [5.74, 6) is -1.74. The van der Waals surface area contributed by atoms with Gasteiger partial charge in [-0.3, -0.25) is 4.79 Å². The summed E-state index contributed by atoms with van der Waals surface area (Å²) in [5, 5.41) is 3.11. The lowest BCUT2D eigenvalue weighted by Gasteiger charge is -2.16. The number of ether oxygens (including phenoxy) is 3. The average molecular weight is 475 g/mol. The van der Waals surface area contributed by atoms with E-state index in [-0.39, 0.29) is 5.75 Å². The monoisotopic (exact) mass is 473 g/mol. The predicted molar refractivity (Wildman–Crippen MR) is 107 cm³/mol. The minimum atomic E-state index is -1.11. The molecule has 1 unspecified atom stereocenters. The number of esters is 1. The summed E-state index contributed by atoms with van der Waals surface area (Å²) in [6.07, 6.45) is -1.11. The van der Waals surface area contributed by atoms with Crippen LogP contribution in [0.4, 0.5) is 10.1 Å². The Kier molecular flexibility index (Phi) is 7.65. The highest BCUT2D eigenvalue weighted by Crippen LogP contribution is 2.31. The molecule has 0 heterocycles. The summed E-state index contributed by atoms with van der Waals surface area (Å²) in [6.45, 7) is 2.64. The Labute approximate surface area is 175 Å². The molecule has 28 heavy (non-hydrogen) atoms. The summed E-state index contributed by atoms with van der Waals surface area (Å²) < 4.78 is 29.5.